The van der Waals surface area contributed by atoms with Crippen LogP contribution in [0, 0.1) is 0 Å². The van der Waals surface area contributed by atoms with E-state index in [2.05, 4.69) is 0 Å². The summed E-state index contributed by atoms with van der Waals surface area (Å²) in [4.78, 5) is 12.3. The minimum absolute atomic E-state index is 0.0692. The molecule has 0 saturated carbocycles. The van der Waals surface area contributed by atoms with Gasteiger partial charge in [0, 0.05) is 26.9 Å². The fraction of sp³-hybridized carbons (Fsp3) is 0.667. The number of benzene rings is 1. The Kier molecular flexibility index (Phi) is 17.3. The predicted molar refractivity (Wildman–Crippen MR) is 132 cm³/mol. The number of hydrogen-bond donors (Lipinski definition) is 2. The monoisotopic (exact) mass is 464 g/mol. The normalized spacial score (nSPS) is 12.5. The summed E-state index contributed by atoms with van der Waals surface area (Å²) in [6, 6.07) is 6.69. The second-order valence-corrected chi connectivity index (χ2v) is 8.51. The Morgan fingerprint density at radius 1 is 0.818 bits per heavy atom. The molecule has 1 rings (SSSR count). The predicted octanol–water partition coefficient (Wildman–Crippen LogP) is 6.00. The highest BCUT2D eigenvalue weighted by atomic mass is 16.7. The van der Waals surface area contributed by atoms with Gasteiger partial charge in [-0.25, -0.2) is 4.79 Å². The van der Waals surface area contributed by atoms with Crippen LogP contribution in [0.3, 0.4) is 0 Å². The first-order chi connectivity index (χ1) is 16.1. The zero-order chi connectivity index (χ0) is 24.2. The van der Waals surface area contributed by atoms with Crippen molar-refractivity contribution in [2.45, 2.75) is 95.9 Å². The number of esters is 1. The van der Waals surface area contributed by atoms with Crippen LogP contribution in [-0.4, -0.2) is 49.4 Å². The molecule has 2 N–H and O–H groups in total. The first-order valence-corrected chi connectivity index (χ1v) is 12.4. The van der Waals surface area contributed by atoms with Crippen molar-refractivity contribution in [1.29, 1.82) is 0 Å². The molecule has 33 heavy (non-hydrogen) atoms. The number of aromatic hydroxyl groups is 1. The maximum absolute atomic E-state index is 12.3. The van der Waals surface area contributed by atoms with Crippen LogP contribution in [0.4, 0.5) is 0 Å². The number of ether oxygens (including phenoxy) is 3. The summed E-state index contributed by atoms with van der Waals surface area (Å²) in [5, 5.41) is 18.3. The van der Waals surface area contributed by atoms with Gasteiger partial charge in [-0.3, -0.25) is 0 Å². The van der Waals surface area contributed by atoms with E-state index in [0.717, 1.165) is 69.8 Å². The van der Waals surface area contributed by atoms with Crippen molar-refractivity contribution >= 4 is 12.0 Å². The number of methoxy groups -OCH3 is 2. The second-order valence-electron chi connectivity index (χ2n) is 8.51. The number of rotatable bonds is 20. The molecule has 0 amide bonds. The van der Waals surface area contributed by atoms with Crippen LogP contribution in [0.15, 0.2) is 30.3 Å². The number of phenols is 1. The van der Waals surface area contributed by atoms with Crippen molar-refractivity contribution in [1.82, 2.24) is 0 Å². The number of hydrogen-bond acceptors (Lipinski definition) is 6. The van der Waals surface area contributed by atoms with Crippen LogP contribution in [0.25, 0.3) is 6.08 Å². The zero-order valence-electron chi connectivity index (χ0n) is 20.5. The Morgan fingerprint density at radius 2 is 1.33 bits per heavy atom. The van der Waals surface area contributed by atoms with Crippen LogP contribution in [-0.2, 0) is 19.0 Å². The summed E-state index contributed by atoms with van der Waals surface area (Å²) in [5.41, 5.74) is 0.840. The van der Waals surface area contributed by atoms with Crippen molar-refractivity contribution in [2.75, 3.05) is 20.8 Å². The number of aliphatic hydroxyl groups excluding tert-OH is 1. The van der Waals surface area contributed by atoms with Crippen molar-refractivity contribution in [3.05, 3.63) is 35.9 Å². The summed E-state index contributed by atoms with van der Waals surface area (Å²) in [6.07, 6.45) is 16.4. The number of carbonyl (C=O) groups is 1. The molecule has 0 fully saturated rings. The van der Waals surface area contributed by atoms with Gasteiger partial charge in [-0.05, 0) is 68.7 Å². The van der Waals surface area contributed by atoms with Crippen LogP contribution >= 0.6 is 0 Å². The van der Waals surface area contributed by atoms with Crippen molar-refractivity contribution in [3.8, 4) is 5.75 Å². The van der Waals surface area contributed by atoms with Crippen molar-refractivity contribution in [3.63, 3.8) is 0 Å². The standard InChI is InChI=1S/C27H44O6/c1-31-27(32-2)15-11-6-4-3-5-9-13-25(14-10-7-8-12-22-28)33-26(30)21-18-23-16-19-24(29)20-17-23/h16-21,25,27-29H,3-15,22H2,1-2H3. The van der Waals surface area contributed by atoms with Gasteiger partial charge in [-0.1, -0.05) is 50.7 Å². The molecular weight excluding hydrogens is 420 g/mol. The molecule has 1 atom stereocenters. The summed E-state index contributed by atoms with van der Waals surface area (Å²) in [5.74, 6) is -0.126. The van der Waals surface area contributed by atoms with Gasteiger partial charge in [-0.15, -0.1) is 0 Å². The van der Waals surface area contributed by atoms with Gasteiger partial charge in [0.05, 0.1) is 0 Å². The van der Waals surface area contributed by atoms with Gasteiger partial charge in [-0.2, -0.15) is 0 Å². The van der Waals surface area contributed by atoms with Crippen LogP contribution in [0.2, 0.25) is 0 Å². The number of carbonyl (C=O) groups excluding carboxylic acids is 1. The molecule has 0 aliphatic carbocycles. The van der Waals surface area contributed by atoms with E-state index in [0.29, 0.717) is 0 Å². The third kappa shape index (κ3) is 15.6. The van der Waals surface area contributed by atoms with E-state index in [1.54, 1.807) is 44.6 Å². The maximum Gasteiger partial charge on any atom is 0.331 e. The first kappa shape index (κ1) is 29.1. The molecule has 1 aromatic rings. The Labute approximate surface area is 199 Å². The third-order valence-electron chi connectivity index (χ3n) is 5.76. The molecule has 6 heteroatoms. The highest BCUT2D eigenvalue weighted by Crippen LogP contribution is 2.18. The summed E-state index contributed by atoms with van der Waals surface area (Å²) in [6.45, 7) is 0.234. The lowest BCUT2D eigenvalue weighted by molar-refractivity contribution is -0.143. The van der Waals surface area contributed by atoms with Crippen LogP contribution in [0.5, 0.6) is 5.75 Å². The Balaban J connectivity index is 2.33. The van der Waals surface area contributed by atoms with Gasteiger partial charge in [0.25, 0.3) is 0 Å². The minimum Gasteiger partial charge on any atom is -0.508 e. The van der Waals surface area contributed by atoms with Gasteiger partial charge in [0.1, 0.15) is 11.9 Å². The first-order valence-electron chi connectivity index (χ1n) is 12.4. The lowest BCUT2D eigenvalue weighted by Gasteiger charge is -2.17. The summed E-state index contributed by atoms with van der Waals surface area (Å²) >= 11 is 0. The van der Waals surface area contributed by atoms with Gasteiger partial charge < -0.3 is 24.4 Å². The van der Waals surface area contributed by atoms with Crippen molar-refractivity contribution in [2.24, 2.45) is 0 Å². The topological polar surface area (TPSA) is 85.2 Å². The fourth-order valence-corrected chi connectivity index (χ4v) is 3.77. The zero-order valence-corrected chi connectivity index (χ0v) is 20.5. The highest BCUT2D eigenvalue weighted by Gasteiger charge is 2.13. The molecule has 0 aromatic heterocycles. The molecule has 0 radical (unpaired) electrons. The number of aliphatic hydroxyl groups is 1. The molecule has 1 aromatic carbocycles. The molecule has 188 valence electrons. The Hall–Kier alpha value is -1.89. The van der Waals surface area contributed by atoms with Gasteiger partial charge in [0.2, 0.25) is 0 Å². The molecule has 0 aliphatic rings. The molecule has 0 bridgehead atoms. The summed E-state index contributed by atoms with van der Waals surface area (Å²) in [7, 11) is 3.35. The average Bonchev–Trinajstić information content (AvgIpc) is 2.82. The van der Waals surface area contributed by atoms with E-state index >= 15 is 0 Å². The molecule has 6 nitrogen and oxygen atoms in total. The minimum atomic E-state index is -0.325. The Morgan fingerprint density at radius 3 is 1.88 bits per heavy atom. The highest BCUT2D eigenvalue weighted by molar-refractivity contribution is 5.87. The quantitative estimate of drug-likeness (QED) is 0.107. The number of unbranched alkanes of at least 4 members (excludes halogenated alkanes) is 8. The SMILES string of the molecule is COC(CCCCCCCCC(CCCCCCO)OC(=O)C=Cc1ccc(O)cc1)OC. The molecule has 0 spiro atoms. The van der Waals surface area contributed by atoms with E-state index in [9.17, 15) is 9.90 Å². The molecule has 1 unspecified atom stereocenters. The average molecular weight is 465 g/mol. The largest absolute Gasteiger partial charge is 0.508 e. The second kappa shape index (κ2) is 19.6. The van der Waals surface area contributed by atoms with Crippen LogP contribution < -0.4 is 0 Å². The third-order valence-corrected chi connectivity index (χ3v) is 5.76. The van der Waals surface area contributed by atoms with E-state index in [4.69, 9.17) is 19.3 Å². The molecule has 0 saturated heterocycles. The van der Waals surface area contributed by atoms with Gasteiger partial charge >= 0.3 is 5.97 Å². The number of phenolic OH excluding ortho intramolecular Hbond substituents is 1. The van der Waals surface area contributed by atoms with Gasteiger partial charge in [0.15, 0.2) is 6.29 Å². The molecule has 0 heterocycles. The van der Waals surface area contributed by atoms with Crippen LogP contribution in [0.1, 0.15) is 89.0 Å². The maximum atomic E-state index is 12.3. The summed E-state index contributed by atoms with van der Waals surface area (Å²) < 4.78 is 16.2. The van der Waals surface area contributed by atoms with Crippen molar-refractivity contribution < 1.29 is 29.2 Å². The smallest absolute Gasteiger partial charge is 0.331 e. The Bertz CT molecular complexity index is 624. The lowest BCUT2D eigenvalue weighted by Crippen LogP contribution is -2.17. The van der Waals surface area contributed by atoms with E-state index in [-0.39, 0.29) is 30.7 Å². The van der Waals surface area contributed by atoms with E-state index < -0.39 is 0 Å². The fourth-order valence-electron chi connectivity index (χ4n) is 3.77. The van der Waals surface area contributed by atoms with E-state index in [1.807, 2.05) is 0 Å². The molecule has 0 aliphatic heterocycles. The molecular formula is C27H44O6. The van der Waals surface area contributed by atoms with E-state index in [1.165, 1.54) is 25.3 Å². The lowest BCUT2D eigenvalue weighted by atomic mass is 10.0.